The molecule has 11 atom stereocenters. The molecular formula is C45H53NO14. The van der Waals surface area contributed by atoms with Gasteiger partial charge in [-0.15, -0.1) is 0 Å². The van der Waals surface area contributed by atoms with Crippen molar-refractivity contribution in [3.05, 3.63) is 94.6 Å². The largest absolute Gasteiger partial charge is 0.456 e. The molecule has 1 amide bonds. The van der Waals surface area contributed by atoms with Crippen LogP contribution in [-0.2, 0) is 47.7 Å². The van der Waals surface area contributed by atoms with Gasteiger partial charge in [0, 0.05) is 37.7 Å². The van der Waals surface area contributed by atoms with Crippen LogP contribution in [0.2, 0.25) is 0 Å². The second-order valence-corrected chi connectivity index (χ2v) is 17.0. The van der Waals surface area contributed by atoms with Crippen LogP contribution in [0.5, 0.6) is 0 Å². The van der Waals surface area contributed by atoms with Gasteiger partial charge in [0.15, 0.2) is 23.6 Å². The quantitative estimate of drug-likeness (QED) is 0.117. The Morgan fingerprint density at radius 3 is 2.08 bits per heavy atom. The van der Waals surface area contributed by atoms with Gasteiger partial charge in [-0.1, -0.05) is 68.5 Å². The summed E-state index contributed by atoms with van der Waals surface area (Å²) >= 11 is 0. The predicted molar refractivity (Wildman–Crippen MR) is 211 cm³/mol. The average molecular weight is 832 g/mol. The van der Waals surface area contributed by atoms with Gasteiger partial charge in [-0.2, -0.15) is 0 Å². The maximum atomic E-state index is 15.4. The molecule has 60 heavy (non-hydrogen) atoms. The predicted octanol–water partition coefficient (Wildman–Crippen LogP) is 3.39. The van der Waals surface area contributed by atoms with Crippen molar-refractivity contribution in [1.29, 1.82) is 0 Å². The number of hydrogen-bond donors (Lipinski definition) is 4. The smallest absolute Gasteiger partial charge is 0.338 e. The number of allylic oxidation sites excluding steroid dienone is 1. The van der Waals surface area contributed by atoms with Crippen LogP contribution in [0.3, 0.4) is 0 Å². The van der Waals surface area contributed by atoms with Gasteiger partial charge >= 0.3 is 23.9 Å². The lowest BCUT2D eigenvalue weighted by Crippen LogP contribution is -2.82. The number of hydrogen-bond acceptors (Lipinski definition) is 14. The molecule has 1 saturated heterocycles. The van der Waals surface area contributed by atoms with E-state index in [1.165, 1.54) is 26.0 Å². The zero-order valence-electron chi connectivity index (χ0n) is 34.9. The van der Waals surface area contributed by atoms with Crippen molar-refractivity contribution in [3.8, 4) is 0 Å². The molecule has 6 rings (SSSR count). The fourth-order valence-electron chi connectivity index (χ4n) is 9.75. The van der Waals surface area contributed by atoms with Crippen LogP contribution in [0.1, 0.15) is 90.2 Å². The number of carbonyl (C=O) groups excluding carboxylic acids is 6. The Morgan fingerprint density at radius 2 is 1.53 bits per heavy atom. The molecule has 3 aliphatic carbocycles. The lowest BCUT2D eigenvalue weighted by Gasteiger charge is -2.67. The SMILES string of the molecule is CC=C(C)C(=O)NC(c1ccccc1)C(O)C(=O)O[C@H]1C[C@@]2(O)[C@@H](OC(=O)c3ccccc3)[C@H]3[C@]4(OC(C)=O)CO[C@@H]4C[C@H](O)[C@@]3(C)C(=O)[C@H](OC(C)=O)C(=C1C)C2(C)C. The van der Waals surface area contributed by atoms with E-state index >= 15 is 4.79 Å². The summed E-state index contributed by atoms with van der Waals surface area (Å²) in [7, 11) is 0. The topological polar surface area (TPSA) is 221 Å². The van der Waals surface area contributed by atoms with Crippen molar-refractivity contribution >= 4 is 35.6 Å². The van der Waals surface area contributed by atoms with Crippen LogP contribution in [0.15, 0.2) is 83.5 Å². The molecule has 4 N–H and O–H groups in total. The summed E-state index contributed by atoms with van der Waals surface area (Å²) in [5.41, 5.74) is -6.91. The van der Waals surface area contributed by atoms with Gasteiger partial charge < -0.3 is 44.3 Å². The summed E-state index contributed by atoms with van der Waals surface area (Å²) < 4.78 is 30.2. The Bertz CT molecular complexity index is 2110. The highest BCUT2D eigenvalue weighted by molar-refractivity contribution is 5.96. The number of rotatable bonds is 10. The Morgan fingerprint density at radius 1 is 0.917 bits per heavy atom. The van der Waals surface area contributed by atoms with E-state index in [1.807, 2.05) is 0 Å². The molecule has 2 bridgehead atoms. The molecule has 322 valence electrons. The third-order valence-electron chi connectivity index (χ3n) is 13.2. The first kappa shape index (κ1) is 44.3. The first-order chi connectivity index (χ1) is 28.1. The number of nitrogens with one attached hydrogen (secondary N) is 1. The molecule has 2 unspecified atom stereocenters. The molecular weight excluding hydrogens is 778 g/mol. The molecule has 0 radical (unpaired) electrons. The second-order valence-electron chi connectivity index (χ2n) is 17.0. The monoisotopic (exact) mass is 831 g/mol. The minimum atomic E-state index is -2.38. The van der Waals surface area contributed by atoms with Gasteiger partial charge in [-0.3, -0.25) is 19.2 Å². The summed E-state index contributed by atoms with van der Waals surface area (Å²) in [6, 6.07) is 14.8. The zero-order valence-corrected chi connectivity index (χ0v) is 34.9. The maximum absolute atomic E-state index is 15.4. The number of Topliss-reactive ketones (excluding diaryl/α,β-unsaturated/α-hetero) is 1. The summed E-state index contributed by atoms with van der Waals surface area (Å²) in [4.78, 5) is 82.9. The summed E-state index contributed by atoms with van der Waals surface area (Å²) in [5.74, 6) is -6.78. The van der Waals surface area contributed by atoms with Gasteiger partial charge in [-0.05, 0) is 56.5 Å². The highest BCUT2D eigenvalue weighted by Gasteiger charge is 2.78. The van der Waals surface area contributed by atoms with Crippen molar-refractivity contribution in [1.82, 2.24) is 5.32 Å². The minimum absolute atomic E-state index is 0.00140. The molecule has 2 aromatic carbocycles. The van der Waals surface area contributed by atoms with E-state index < -0.39 is 113 Å². The summed E-state index contributed by atoms with van der Waals surface area (Å²) in [5, 5.41) is 40.0. The van der Waals surface area contributed by atoms with Gasteiger partial charge in [0.05, 0.1) is 35.6 Å². The number of carbonyl (C=O) groups is 6. The highest BCUT2D eigenvalue weighted by Crippen LogP contribution is 2.64. The maximum Gasteiger partial charge on any atom is 0.338 e. The van der Waals surface area contributed by atoms with Crippen molar-refractivity contribution in [2.24, 2.45) is 16.7 Å². The van der Waals surface area contributed by atoms with Crippen molar-refractivity contribution < 1.29 is 67.8 Å². The molecule has 4 aliphatic rings. The number of ether oxygens (including phenoxy) is 5. The Labute approximate surface area is 348 Å². The normalized spacial score (nSPS) is 32.9. The fraction of sp³-hybridized carbons (Fsp3) is 0.511. The molecule has 1 aliphatic heterocycles. The van der Waals surface area contributed by atoms with Crippen LogP contribution in [-0.4, -0.2) is 105 Å². The standard InChI is InChI=1S/C45H53NO14/c1-9-23(2)39(52)46-33(27-16-12-10-13-17-27)34(50)41(54)58-29-21-45(55)38(59-40(53)28-18-14-11-15-19-28)36-43(8,30(49)20-31-44(36,22-56-31)60-26(5)48)37(51)35(57-25(4)47)32(24(29)3)42(45,6)7/h9-19,29-31,33-36,38,49-50,55H,20-22H2,1-8H3,(H,46,52)/t29-,30-,31+,33?,34?,35+,36+,38-,43+,44-,45+/m0/s1. The molecule has 0 aromatic heterocycles. The average Bonchev–Trinajstić information content (AvgIpc) is 3.20. The van der Waals surface area contributed by atoms with Crippen LogP contribution in [0, 0.1) is 16.7 Å². The van der Waals surface area contributed by atoms with Crippen LogP contribution < -0.4 is 5.32 Å². The number of aliphatic hydroxyl groups excluding tert-OH is 2. The first-order valence-electron chi connectivity index (χ1n) is 19.9. The van der Waals surface area contributed by atoms with Crippen molar-refractivity contribution in [3.63, 3.8) is 0 Å². The van der Waals surface area contributed by atoms with E-state index in [1.54, 1.807) is 82.3 Å². The third-order valence-corrected chi connectivity index (χ3v) is 13.2. The number of esters is 4. The fourth-order valence-corrected chi connectivity index (χ4v) is 9.75. The number of aliphatic hydroxyl groups is 3. The zero-order chi connectivity index (χ0) is 44.1. The van der Waals surface area contributed by atoms with Gasteiger partial charge in [0.2, 0.25) is 5.91 Å². The molecule has 15 heteroatoms. The van der Waals surface area contributed by atoms with E-state index in [0.29, 0.717) is 11.1 Å². The lowest BCUT2D eigenvalue weighted by molar-refractivity contribution is -0.346. The Kier molecular flexibility index (Phi) is 12.1. The third kappa shape index (κ3) is 7.24. The Hall–Kier alpha value is -5.22. The number of fused-ring (bicyclic) bond motifs is 5. The van der Waals surface area contributed by atoms with E-state index in [4.69, 9.17) is 23.7 Å². The van der Waals surface area contributed by atoms with E-state index in [-0.39, 0.29) is 29.7 Å². The number of ketones is 1. The van der Waals surface area contributed by atoms with Crippen molar-refractivity contribution in [2.75, 3.05) is 6.61 Å². The van der Waals surface area contributed by atoms with Crippen molar-refractivity contribution in [2.45, 2.75) is 122 Å². The van der Waals surface area contributed by atoms with Gasteiger partial charge in [0.25, 0.3) is 0 Å². The van der Waals surface area contributed by atoms with Gasteiger partial charge in [-0.25, -0.2) is 9.59 Å². The van der Waals surface area contributed by atoms with E-state index in [2.05, 4.69) is 5.32 Å². The highest BCUT2D eigenvalue weighted by atomic mass is 16.6. The first-order valence-corrected chi connectivity index (χ1v) is 19.9. The molecule has 0 spiro atoms. The number of benzene rings is 2. The minimum Gasteiger partial charge on any atom is -0.456 e. The number of amides is 1. The molecule has 2 aromatic rings. The molecule has 2 saturated carbocycles. The van der Waals surface area contributed by atoms with Crippen LogP contribution >= 0.6 is 0 Å². The molecule has 3 fully saturated rings. The van der Waals surface area contributed by atoms with Gasteiger partial charge in [0.1, 0.15) is 23.9 Å². The Balaban J connectivity index is 1.56. The summed E-state index contributed by atoms with van der Waals surface area (Å²) in [6.07, 6.45) is -8.88. The van der Waals surface area contributed by atoms with E-state index in [9.17, 15) is 39.3 Å². The molecule has 1 heterocycles. The summed E-state index contributed by atoms with van der Waals surface area (Å²) in [6.45, 7) is 11.2. The van der Waals surface area contributed by atoms with Crippen LogP contribution in [0.4, 0.5) is 0 Å². The lowest BCUT2D eigenvalue weighted by atomic mass is 9.44. The second kappa shape index (κ2) is 16.3. The van der Waals surface area contributed by atoms with E-state index in [0.717, 1.165) is 13.8 Å². The molecule has 15 nitrogen and oxygen atoms in total. The van der Waals surface area contributed by atoms with Crippen LogP contribution in [0.25, 0.3) is 0 Å².